The Bertz CT molecular complexity index is 927. The van der Waals surface area contributed by atoms with Crippen LogP contribution in [-0.2, 0) is 19.1 Å². The second-order valence-corrected chi connectivity index (χ2v) is 5.71. The van der Waals surface area contributed by atoms with E-state index in [0.29, 0.717) is 35.1 Å². The van der Waals surface area contributed by atoms with Gasteiger partial charge in [-0.05, 0) is 42.7 Å². The van der Waals surface area contributed by atoms with Gasteiger partial charge in [0, 0.05) is 11.9 Å². The van der Waals surface area contributed by atoms with Gasteiger partial charge in [0.2, 0.25) is 0 Å². The third-order valence-corrected chi connectivity index (χ3v) is 4.06. The Kier molecular flexibility index (Phi) is 4.24. The molecular formula is C18H16F3N3O. The van der Waals surface area contributed by atoms with Crippen molar-refractivity contribution < 1.29 is 18.0 Å². The number of fused-ring (bicyclic) bond motifs is 1. The number of primary amides is 1. The predicted molar refractivity (Wildman–Crippen MR) is 88.2 cm³/mol. The minimum Gasteiger partial charge on any atom is -0.364 e. The van der Waals surface area contributed by atoms with Crippen LogP contribution in [0, 0.1) is 0 Å². The predicted octanol–water partition coefficient (Wildman–Crippen LogP) is 3.76. The van der Waals surface area contributed by atoms with Gasteiger partial charge in [-0.1, -0.05) is 24.3 Å². The van der Waals surface area contributed by atoms with Crippen molar-refractivity contribution in [1.82, 2.24) is 9.78 Å². The lowest BCUT2D eigenvalue weighted by Crippen LogP contribution is -2.17. The molecule has 0 saturated heterocycles. The molecule has 0 saturated carbocycles. The Morgan fingerprint density at radius 3 is 2.40 bits per heavy atom. The normalized spacial score (nSPS) is 11.8. The lowest BCUT2D eigenvalue weighted by Gasteiger charge is -2.09. The van der Waals surface area contributed by atoms with Crippen LogP contribution >= 0.6 is 0 Å². The fourth-order valence-corrected chi connectivity index (χ4v) is 2.91. The molecule has 130 valence electrons. The summed E-state index contributed by atoms with van der Waals surface area (Å²) in [7, 11) is 0. The number of hydrogen-bond acceptors (Lipinski definition) is 2. The number of nitrogens with two attached hydrogens (primary N) is 1. The Hall–Kier alpha value is -2.83. The lowest BCUT2D eigenvalue weighted by atomic mass is 9.99. The van der Waals surface area contributed by atoms with Crippen LogP contribution in [0.1, 0.15) is 34.1 Å². The summed E-state index contributed by atoms with van der Waals surface area (Å²) in [6.45, 7) is 2.35. The van der Waals surface area contributed by atoms with E-state index in [0.717, 1.165) is 17.7 Å². The van der Waals surface area contributed by atoms with E-state index in [1.165, 1.54) is 12.1 Å². The quantitative estimate of drug-likeness (QED) is 0.781. The summed E-state index contributed by atoms with van der Waals surface area (Å²) in [5.41, 5.74) is 7.28. The highest BCUT2D eigenvalue weighted by Gasteiger charge is 2.30. The number of aromatic nitrogens is 2. The van der Waals surface area contributed by atoms with Crippen molar-refractivity contribution >= 4 is 16.8 Å². The highest BCUT2D eigenvalue weighted by Crippen LogP contribution is 2.30. The van der Waals surface area contributed by atoms with E-state index in [9.17, 15) is 18.0 Å². The Morgan fingerprint density at radius 2 is 1.84 bits per heavy atom. The maximum absolute atomic E-state index is 12.7. The standard InChI is InChI=1S/C18H16F3N3O/c1-2-24-16(17(22)25)15-12(4-3-5-14(15)23-24)10-11-6-8-13(9-7-11)18(19,20)21/h3-9H,2,10H2,1H3,(H2,22,25). The van der Waals surface area contributed by atoms with Crippen molar-refractivity contribution in [2.24, 2.45) is 5.73 Å². The average Bonchev–Trinajstić information content (AvgIpc) is 2.94. The van der Waals surface area contributed by atoms with E-state index >= 15 is 0 Å². The summed E-state index contributed by atoms with van der Waals surface area (Å²) < 4.78 is 39.6. The van der Waals surface area contributed by atoms with Crippen LogP contribution in [0.15, 0.2) is 42.5 Å². The Labute approximate surface area is 142 Å². The molecule has 0 aliphatic carbocycles. The molecule has 7 heteroatoms. The van der Waals surface area contributed by atoms with Crippen molar-refractivity contribution in [2.75, 3.05) is 0 Å². The minimum atomic E-state index is -4.36. The molecule has 0 fully saturated rings. The summed E-state index contributed by atoms with van der Waals surface area (Å²) in [6.07, 6.45) is -3.98. The molecule has 4 nitrogen and oxygen atoms in total. The number of carbonyl (C=O) groups is 1. The van der Waals surface area contributed by atoms with Crippen LogP contribution in [0.3, 0.4) is 0 Å². The summed E-state index contributed by atoms with van der Waals surface area (Å²) >= 11 is 0. The highest BCUT2D eigenvalue weighted by molar-refractivity contribution is 6.05. The third-order valence-electron chi connectivity index (χ3n) is 4.06. The molecule has 0 unspecified atom stereocenters. The van der Waals surface area contributed by atoms with Crippen LogP contribution in [0.4, 0.5) is 13.2 Å². The van der Waals surface area contributed by atoms with Gasteiger partial charge in [0.15, 0.2) is 0 Å². The molecule has 3 rings (SSSR count). The summed E-state index contributed by atoms with van der Waals surface area (Å²) in [5.74, 6) is -0.579. The van der Waals surface area contributed by atoms with Crippen LogP contribution in [0.5, 0.6) is 0 Å². The van der Waals surface area contributed by atoms with E-state index in [1.54, 1.807) is 16.8 Å². The first-order valence-electron chi connectivity index (χ1n) is 7.75. The number of amides is 1. The Morgan fingerprint density at radius 1 is 1.16 bits per heavy atom. The fraction of sp³-hybridized carbons (Fsp3) is 0.222. The Balaban J connectivity index is 2.04. The molecule has 0 radical (unpaired) electrons. The molecular weight excluding hydrogens is 331 g/mol. The molecule has 1 heterocycles. The number of alkyl halides is 3. The van der Waals surface area contributed by atoms with Crippen molar-refractivity contribution in [3.05, 3.63) is 64.8 Å². The SMILES string of the molecule is CCn1nc2cccc(Cc3ccc(C(F)(F)F)cc3)c2c1C(N)=O. The maximum Gasteiger partial charge on any atom is 0.416 e. The molecule has 0 spiro atoms. The van der Waals surface area contributed by atoms with Crippen LogP contribution in [-0.4, -0.2) is 15.7 Å². The van der Waals surface area contributed by atoms with Gasteiger partial charge < -0.3 is 5.73 Å². The number of benzene rings is 2. The number of carbonyl (C=O) groups excluding carboxylic acids is 1. The molecule has 0 bridgehead atoms. The first-order valence-corrected chi connectivity index (χ1v) is 7.75. The maximum atomic E-state index is 12.7. The van der Waals surface area contributed by atoms with E-state index in [2.05, 4.69) is 5.10 Å². The molecule has 0 aliphatic heterocycles. The third kappa shape index (κ3) is 3.22. The zero-order chi connectivity index (χ0) is 18.2. The molecule has 1 aromatic heterocycles. The molecule has 2 aromatic carbocycles. The topological polar surface area (TPSA) is 60.9 Å². The van der Waals surface area contributed by atoms with Crippen molar-refractivity contribution in [3.63, 3.8) is 0 Å². The number of halogens is 3. The molecule has 3 aromatic rings. The fourth-order valence-electron chi connectivity index (χ4n) is 2.91. The second kappa shape index (κ2) is 6.23. The summed E-state index contributed by atoms with van der Waals surface area (Å²) in [4.78, 5) is 11.9. The van der Waals surface area contributed by atoms with Crippen molar-refractivity contribution in [2.45, 2.75) is 26.1 Å². The number of nitrogens with zero attached hydrogens (tertiary/aromatic N) is 2. The van der Waals surface area contributed by atoms with Crippen molar-refractivity contribution in [3.8, 4) is 0 Å². The second-order valence-electron chi connectivity index (χ2n) is 5.71. The van der Waals surface area contributed by atoms with E-state index < -0.39 is 17.6 Å². The lowest BCUT2D eigenvalue weighted by molar-refractivity contribution is -0.137. The van der Waals surface area contributed by atoms with Gasteiger partial charge in [-0.2, -0.15) is 18.3 Å². The average molecular weight is 347 g/mol. The van der Waals surface area contributed by atoms with Gasteiger partial charge >= 0.3 is 6.18 Å². The van der Waals surface area contributed by atoms with E-state index in [4.69, 9.17) is 5.73 Å². The first-order chi connectivity index (χ1) is 11.8. The van der Waals surface area contributed by atoms with Gasteiger partial charge in [-0.3, -0.25) is 9.48 Å². The summed E-state index contributed by atoms with van der Waals surface area (Å²) in [5, 5.41) is 5.02. The minimum absolute atomic E-state index is 0.319. The largest absolute Gasteiger partial charge is 0.416 e. The number of aryl methyl sites for hydroxylation is 1. The zero-order valence-electron chi connectivity index (χ0n) is 13.5. The van der Waals surface area contributed by atoms with Gasteiger partial charge in [0.05, 0.1) is 11.1 Å². The van der Waals surface area contributed by atoms with Gasteiger partial charge in [0.1, 0.15) is 5.69 Å². The highest BCUT2D eigenvalue weighted by atomic mass is 19.4. The van der Waals surface area contributed by atoms with Gasteiger partial charge in [-0.25, -0.2) is 0 Å². The number of hydrogen-bond donors (Lipinski definition) is 1. The molecule has 1 amide bonds. The monoisotopic (exact) mass is 347 g/mol. The smallest absolute Gasteiger partial charge is 0.364 e. The molecule has 2 N–H and O–H groups in total. The van der Waals surface area contributed by atoms with Gasteiger partial charge in [-0.15, -0.1) is 0 Å². The molecule has 0 aliphatic rings. The van der Waals surface area contributed by atoms with Crippen molar-refractivity contribution in [1.29, 1.82) is 0 Å². The summed E-state index contributed by atoms with van der Waals surface area (Å²) in [6, 6.07) is 10.4. The molecule has 25 heavy (non-hydrogen) atoms. The van der Waals surface area contributed by atoms with Crippen LogP contribution < -0.4 is 5.73 Å². The number of rotatable bonds is 4. The molecule has 0 atom stereocenters. The van der Waals surface area contributed by atoms with E-state index in [-0.39, 0.29) is 0 Å². The van der Waals surface area contributed by atoms with Crippen LogP contribution in [0.25, 0.3) is 10.9 Å². The zero-order valence-corrected chi connectivity index (χ0v) is 13.5. The van der Waals surface area contributed by atoms with E-state index in [1.807, 2.05) is 13.0 Å². The van der Waals surface area contributed by atoms with Gasteiger partial charge in [0.25, 0.3) is 5.91 Å². The van der Waals surface area contributed by atoms with Crippen LogP contribution in [0.2, 0.25) is 0 Å². The first kappa shape index (κ1) is 17.0.